The van der Waals surface area contributed by atoms with Crippen LogP contribution in [0.4, 0.5) is 5.13 Å². The Bertz CT molecular complexity index is 259. The SMILES string of the molecule is CC(C)N(C)Cc1nnc(NN)s1. The van der Waals surface area contributed by atoms with Gasteiger partial charge in [0.2, 0.25) is 5.13 Å². The highest BCUT2D eigenvalue weighted by Crippen LogP contribution is 2.15. The molecule has 0 saturated carbocycles. The van der Waals surface area contributed by atoms with Crippen LogP contribution >= 0.6 is 11.3 Å². The van der Waals surface area contributed by atoms with Crippen LogP contribution in [0, 0.1) is 0 Å². The fourth-order valence-corrected chi connectivity index (χ4v) is 1.49. The fraction of sp³-hybridized carbons (Fsp3) is 0.714. The van der Waals surface area contributed by atoms with Crippen LogP contribution in [-0.4, -0.2) is 28.2 Å². The summed E-state index contributed by atoms with van der Waals surface area (Å²) in [5.74, 6) is 5.20. The van der Waals surface area contributed by atoms with Gasteiger partial charge in [-0.05, 0) is 20.9 Å². The van der Waals surface area contributed by atoms with Gasteiger partial charge in [0.05, 0.1) is 6.54 Å². The summed E-state index contributed by atoms with van der Waals surface area (Å²) in [6.45, 7) is 5.10. The van der Waals surface area contributed by atoms with E-state index in [0.29, 0.717) is 11.2 Å². The molecule has 6 heteroatoms. The molecule has 1 rings (SSSR count). The fourth-order valence-electron chi connectivity index (χ4n) is 0.772. The summed E-state index contributed by atoms with van der Waals surface area (Å²) in [5.41, 5.74) is 2.48. The molecule has 0 fully saturated rings. The van der Waals surface area contributed by atoms with E-state index in [4.69, 9.17) is 5.84 Å². The Hall–Kier alpha value is -0.720. The van der Waals surface area contributed by atoms with Crippen molar-refractivity contribution in [1.82, 2.24) is 15.1 Å². The van der Waals surface area contributed by atoms with Gasteiger partial charge in [0, 0.05) is 6.04 Å². The zero-order valence-corrected chi connectivity index (χ0v) is 8.93. The number of nitrogens with two attached hydrogens (primary N) is 1. The van der Waals surface area contributed by atoms with Crippen molar-refractivity contribution in [1.29, 1.82) is 0 Å². The second-order valence-corrected chi connectivity index (χ2v) is 4.22. The van der Waals surface area contributed by atoms with Crippen molar-refractivity contribution in [3.8, 4) is 0 Å². The number of hydrogen-bond acceptors (Lipinski definition) is 6. The first-order valence-electron chi connectivity index (χ1n) is 4.12. The number of nitrogens with zero attached hydrogens (tertiary/aromatic N) is 3. The zero-order valence-electron chi connectivity index (χ0n) is 8.11. The van der Waals surface area contributed by atoms with E-state index in [1.807, 2.05) is 0 Å². The van der Waals surface area contributed by atoms with E-state index in [2.05, 4.69) is 41.4 Å². The van der Waals surface area contributed by atoms with Gasteiger partial charge in [-0.15, -0.1) is 10.2 Å². The maximum atomic E-state index is 5.20. The number of anilines is 1. The predicted molar refractivity (Wildman–Crippen MR) is 54.3 cm³/mol. The molecule has 1 aromatic heterocycles. The Balaban J connectivity index is 2.53. The van der Waals surface area contributed by atoms with E-state index in [9.17, 15) is 0 Å². The minimum atomic E-state index is 0.512. The van der Waals surface area contributed by atoms with E-state index >= 15 is 0 Å². The molecule has 3 N–H and O–H groups in total. The number of rotatable bonds is 4. The van der Waals surface area contributed by atoms with Crippen LogP contribution in [0.25, 0.3) is 0 Å². The Morgan fingerprint density at radius 1 is 1.54 bits per heavy atom. The van der Waals surface area contributed by atoms with E-state index in [1.54, 1.807) is 0 Å². The third kappa shape index (κ3) is 2.91. The highest BCUT2D eigenvalue weighted by Gasteiger charge is 2.08. The standard InChI is InChI=1S/C7H15N5S/c1-5(2)12(3)4-6-10-11-7(9-8)13-6/h5H,4,8H2,1-3H3,(H,9,11). The molecule has 0 spiro atoms. The number of hydrazine groups is 1. The summed E-state index contributed by atoms with van der Waals surface area (Å²) < 4.78 is 0. The van der Waals surface area contributed by atoms with Crippen molar-refractivity contribution >= 4 is 16.5 Å². The number of nitrogens with one attached hydrogen (secondary N) is 1. The lowest BCUT2D eigenvalue weighted by molar-refractivity contribution is 0.265. The van der Waals surface area contributed by atoms with Gasteiger partial charge >= 0.3 is 0 Å². The van der Waals surface area contributed by atoms with Gasteiger partial charge in [0.15, 0.2) is 0 Å². The first-order chi connectivity index (χ1) is 6.13. The zero-order chi connectivity index (χ0) is 9.84. The normalized spacial score (nSPS) is 11.2. The summed E-state index contributed by atoms with van der Waals surface area (Å²) in [6, 6.07) is 0.512. The first kappa shape index (κ1) is 10.4. The van der Waals surface area contributed by atoms with Crippen molar-refractivity contribution in [2.45, 2.75) is 26.4 Å². The van der Waals surface area contributed by atoms with Gasteiger partial charge in [-0.3, -0.25) is 10.3 Å². The number of nitrogen functional groups attached to an aromatic ring is 1. The molecule has 0 unspecified atom stereocenters. The van der Waals surface area contributed by atoms with Crippen LogP contribution in [0.2, 0.25) is 0 Å². The maximum Gasteiger partial charge on any atom is 0.219 e. The average molecular weight is 201 g/mol. The van der Waals surface area contributed by atoms with Crippen molar-refractivity contribution < 1.29 is 0 Å². The van der Waals surface area contributed by atoms with Crippen molar-refractivity contribution in [3.63, 3.8) is 0 Å². The van der Waals surface area contributed by atoms with Crippen LogP contribution in [0.3, 0.4) is 0 Å². The Morgan fingerprint density at radius 3 is 2.69 bits per heavy atom. The smallest absolute Gasteiger partial charge is 0.219 e. The van der Waals surface area contributed by atoms with Gasteiger partial charge in [-0.25, -0.2) is 5.84 Å². The topological polar surface area (TPSA) is 67.1 Å². The van der Waals surface area contributed by atoms with Gasteiger partial charge in [-0.1, -0.05) is 11.3 Å². The highest BCUT2D eigenvalue weighted by atomic mass is 32.1. The molecule has 0 bridgehead atoms. The molecule has 1 aromatic rings. The molecule has 0 aromatic carbocycles. The lowest BCUT2D eigenvalue weighted by atomic mass is 10.3. The molecule has 0 aliphatic rings. The second-order valence-electron chi connectivity index (χ2n) is 3.15. The lowest BCUT2D eigenvalue weighted by Gasteiger charge is -2.18. The molecule has 0 radical (unpaired) electrons. The van der Waals surface area contributed by atoms with E-state index in [0.717, 1.165) is 11.6 Å². The van der Waals surface area contributed by atoms with Gasteiger partial charge in [-0.2, -0.15) is 0 Å². The summed E-state index contributed by atoms with van der Waals surface area (Å²) >= 11 is 1.48. The van der Waals surface area contributed by atoms with Crippen LogP contribution < -0.4 is 11.3 Å². The van der Waals surface area contributed by atoms with Crippen molar-refractivity contribution in [3.05, 3.63) is 5.01 Å². The first-order valence-corrected chi connectivity index (χ1v) is 4.94. The molecular formula is C7H15N5S. The quantitative estimate of drug-likeness (QED) is 0.553. The summed E-state index contributed by atoms with van der Waals surface area (Å²) in [5, 5.41) is 9.48. The van der Waals surface area contributed by atoms with Crippen LogP contribution in [0.15, 0.2) is 0 Å². The molecule has 74 valence electrons. The summed E-state index contributed by atoms with van der Waals surface area (Å²) in [6.07, 6.45) is 0. The van der Waals surface area contributed by atoms with Crippen molar-refractivity contribution in [2.75, 3.05) is 12.5 Å². The molecule has 0 aliphatic heterocycles. The van der Waals surface area contributed by atoms with E-state index in [-0.39, 0.29) is 0 Å². The van der Waals surface area contributed by atoms with Crippen LogP contribution in [0.5, 0.6) is 0 Å². The maximum absolute atomic E-state index is 5.20. The van der Waals surface area contributed by atoms with E-state index < -0.39 is 0 Å². The van der Waals surface area contributed by atoms with Crippen LogP contribution in [-0.2, 0) is 6.54 Å². The Labute approximate surface area is 81.9 Å². The van der Waals surface area contributed by atoms with Crippen LogP contribution in [0.1, 0.15) is 18.9 Å². The molecule has 0 amide bonds. The average Bonchev–Trinajstić information content (AvgIpc) is 2.52. The summed E-state index contributed by atoms with van der Waals surface area (Å²) in [7, 11) is 2.06. The molecule has 1 heterocycles. The van der Waals surface area contributed by atoms with Gasteiger partial charge in [0.25, 0.3) is 0 Å². The second kappa shape index (κ2) is 4.50. The Morgan fingerprint density at radius 2 is 2.23 bits per heavy atom. The largest absolute Gasteiger partial charge is 0.298 e. The lowest BCUT2D eigenvalue weighted by Crippen LogP contribution is -2.25. The molecule has 0 saturated heterocycles. The molecular weight excluding hydrogens is 186 g/mol. The van der Waals surface area contributed by atoms with Crippen molar-refractivity contribution in [2.24, 2.45) is 5.84 Å². The van der Waals surface area contributed by atoms with E-state index in [1.165, 1.54) is 11.3 Å². The Kier molecular flexibility index (Phi) is 3.58. The number of aromatic nitrogens is 2. The molecule has 0 aliphatic carbocycles. The monoisotopic (exact) mass is 201 g/mol. The third-order valence-electron chi connectivity index (χ3n) is 1.86. The minimum Gasteiger partial charge on any atom is -0.298 e. The highest BCUT2D eigenvalue weighted by molar-refractivity contribution is 7.15. The van der Waals surface area contributed by atoms with Gasteiger partial charge < -0.3 is 0 Å². The third-order valence-corrected chi connectivity index (χ3v) is 2.70. The molecule has 13 heavy (non-hydrogen) atoms. The predicted octanol–water partition coefficient (Wildman–Crippen LogP) is 0.664. The minimum absolute atomic E-state index is 0.512. The molecule has 0 atom stereocenters. The summed E-state index contributed by atoms with van der Waals surface area (Å²) in [4.78, 5) is 2.20. The molecule has 5 nitrogen and oxygen atoms in total. The van der Waals surface area contributed by atoms with Gasteiger partial charge in [0.1, 0.15) is 5.01 Å². The number of hydrogen-bond donors (Lipinski definition) is 2.